The number of hydrogen-bond acceptors (Lipinski definition) is 1. The van der Waals surface area contributed by atoms with Crippen molar-refractivity contribution in [2.45, 2.75) is 46.5 Å². The Bertz CT molecular complexity index is 273. The summed E-state index contributed by atoms with van der Waals surface area (Å²) in [5, 5.41) is 9.35. The Hall–Kier alpha value is -0.530. The number of carboxylic acid groups (broad SMARTS) is 1. The molecule has 2 heteroatoms. The summed E-state index contributed by atoms with van der Waals surface area (Å²) in [6.45, 7) is 6.33. The van der Waals surface area contributed by atoms with Gasteiger partial charge in [0, 0.05) is 0 Å². The van der Waals surface area contributed by atoms with Crippen LogP contribution in [0.3, 0.4) is 0 Å². The van der Waals surface area contributed by atoms with Crippen LogP contribution < -0.4 is 0 Å². The lowest BCUT2D eigenvalue weighted by Crippen LogP contribution is -2.44. The average Bonchev–Trinajstić information content (AvgIpc) is 2.41. The number of aliphatic carboxylic acids is 1. The van der Waals surface area contributed by atoms with Gasteiger partial charge in [0.25, 0.3) is 0 Å². The van der Waals surface area contributed by atoms with Crippen molar-refractivity contribution in [3.05, 3.63) is 0 Å². The van der Waals surface area contributed by atoms with E-state index in [0.29, 0.717) is 17.3 Å². The van der Waals surface area contributed by atoms with Crippen LogP contribution in [-0.4, -0.2) is 11.1 Å². The first-order chi connectivity index (χ1) is 6.37. The van der Waals surface area contributed by atoms with Crippen molar-refractivity contribution >= 4 is 5.97 Å². The number of carbonyl (C=O) groups is 1. The highest BCUT2D eigenvalue weighted by atomic mass is 16.4. The second kappa shape index (κ2) is 2.74. The molecule has 2 saturated carbocycles. The van der Waals surface area contributed by atoms with Crippen molar-refractivity contribution in [3.8, 4) is 0 Å². The first-order valence-electron chi connectivity index (χ1n) is 5.61. The minimum atomic E-state index is -0.595. The van der Waals surface area contributed by atoms with Gasteiger partial charge in [0.15, 0.2) is 0 Å². The van der Waals surface area contributed by atoms with Gasteiger partial charge in [-0.1, -0.05) is 13.8 Å². The van der Waals surface area contributed by atoms with Crippen LogP contribution in [0.25, 0.3) is 0 Å². The molecule has 2 nitrogen and oxygen atoms in total. The van der Waals surface area contributed by atoms with Crippen LogP contribution >= 0.6 is 0 Å². The molecule has 0 spiro atoms. The van der Waals surface area contributed by atoms with Crippen LogP contribution in [0, 0.1) is 22.7 Å². The zero-order valence-corrected chi connectivity index (χ0v) is 9.34. The summed E-state index contributed by atoms with van der Waals surface area (Å²) in [6, 6.07) is 0. The molecule has 0 heterocycles. The second-order valence-electron chi connectivity index (χ2n) is 6.00. The molecule has 0 aromatic rings. The van der Waals surface area contributed by atoms with Crippen molar-refractivity contribution < 1.29 is 9.90 Å². The maximum atomic E-state index is 11.3. The first kappa shape index (κ1) is 10.0. The monoisotopic (exact) mass is 196 g/mol. The molecule has 0 amide bonds. The van der Waals surface area contributed by atoms with Gasteiger partial charge >= 0.3 is 5.97 Å². The van der Waals surface area contributed by atoms with E-state index >= 15 is 0 Å². The van der Waals surface area contributed by atoms with E-state index in [0.717, 1.165) is 6.42 Å². The van der Waals surface area contributed by atoms with Crippen LogP contribution in [0.2, 0.25) is 0 Å². The van der Waals surface area contributed by atoms with E-state index in [1.165, 1.54) is 19.3 Å². The van der Waals surface area contributed by atoms with Crippen LogP contribution in [0.5, 0.6) is 0 Å². The summed E-state index contributed by atoms with van der Waals surface area (Å²) in [6.07, 6.45) is 4.58. The molecule has 0 saturated heterocycles. The Labute approximate surface area is 85.7 Å². The lowest BCUT2D eigenvalue weighted by molar-refractivity contribution is -0.157. The quantitative estimate of drug-likeness (QED) is 0.700. The summed E-state index contributed by atoms with van der Waals surface area (Å²) < 4.78 is 0. The van der Waals surface area contributed by atoms with Gasteiger partial charge in [0.05, 0.1) is 5.41 Å². The number of hydrogen-bond donors (Lipinski definition) is 1. The summed E-state index contributed by atoms with van der Waals surface area (Å²) in [5.74, 6) is 0.397. The van der Waals surface area contributed by atoms with Gasteiger partial charge in [-0.25, -0.2) is 0 Å². The highest BCUT2D eigenvalue weighted by Gasteiger charge is 2.55. The minimum absolute atomic E-state index is 0.310. The van der Waals surface area contributed by atoms with Crippen LogP contribution in [0.1, 0.15) is 46.5 Å². The molecule has 2 aliphatic rings. The zero-order chi connectivity index (χ0) is 10.6. The summed E-state index contributed by atoms with van der Waals surface area (Å²) in [7, 11) is 0. The highest BCUT2D eigenvalue weighted by molar-refractivity contribution is 5.75. The zero-order valence-electron chi connectivity index (χ0n) is 9.34. The maximum Gasteiger partial charge on any atom is 0.309 e. The molecule has 4 unspecified atom stereocenters. The van der Waals surface area contributed by atoms with E-state index in [9.17, 15) is 9.90 Å². The van der Waals surface area contributed by atoms with E-state index in [-0.39, 0.29) is 0 Å². The fourth-order valence-corrected chi connectivity index (χ4v) is 3.80. The molecule has 2 fully saturated rings. The van der Waals surface area contributed by atoms with Crippen molar-refractivity contribution in [2.75, 3.05) is 0 Å². The molecule has 2 rings (SSSR count). The molecule has 0 aromatic heterocycles. The van der Waals surface area contributed by atoms with Crippen molar-refractivity contribution in [2.24, 2.45) is 22.7 Å². The fraction of sp³-hybridized carbons (Fsp3) is 0.917. The molecular weight excluding hydrogens is 176 g/mol. The van der Waals surface area contributed by atoms with Gasteiger partial charge in [0.2, 0.25) is 0 Å². The molecule has 0 aromatic carbocycles. The summed E-state index contributed by atoms with van der Waals surface area (Å²) >= 11 is 0. The van der Waals surface area contributed by atoms with Crippen LogP contribution in [0.15, 0.2) is 0 Å². The molecule has 1 N–H and O–H groups in total. The van der Waals surface area contributed by atoms with E-state index in [1.54, 1.807) is 0 Å². The van der Waals surface area contributed by atoms with Crippen LogP contribution in [-0.2, 0) is 4.79 Å². The SMILES string of the molecule is CC1C2CCC(C)(C2)CC1(C)C(=O)O. The van der Waals surface area contributed by atoms with Crippen LogP contribution in [0.4, 0.5) is 0 Å². The third-order valence-corrected chi connectivity index (χ3v) is 4.87. The minimum Gasteiger partial charge on any atom is -0.481 e. The predicted molar refractivity (Wildman–Crippen MR) is 55.0 cm³/mol. The lowest BCUT2D eigenvalue weighted by Gasteiger charge is -2.44. The van der Waals surface area contributed by atoms with E-state index in [2.05, 4.69) is 13.8 Å². The molecule has 2 aliphatic carbocycles. The van der Waals surface area contributed by atoms with E-state index in [4.69, 9.17) is 0 Å². The van der Waals surface area contributed by atoms with Gasteiger partial charge in [-0.3, -0.25) is 4.79 Å². The standard InChI is InChI=1S/C12H20O2/c1-8-9-4-5-11(2,6-9)7-12(8,3)10(13)14/h8-9H,4-7H2,1-3H3,(H,13,14). The van der Waals surface area contributed by atoms with Crippen molar-refractivity contribution in [1.29, 1.82) is 0 Å². The lowest BCUT2D eigenvalue weighted by atomic mass is 9.59. The highest BCUT2D eigenvalue weighted by Crippen LogP contribution is 2.60. The summed E-state index contributed by atoms with van der Waals surface area (Å²) in [5.41, 5.74) is -0.168. The molecule has 2 bridgehead atoms. The molecule has 80 valence electrons. The topological polar surface area (TPSA) is 37.3 Å². The number of fused-ring (bicyclic) bond motifs is 2. The molecule has 0 radical (unpaired) electrons. The van der Waals surface area contributed by atoms with Gasteiger partial charge in [-0.15, -0.1) is 0 Å². The third kappa shape index (κ3) is 1.19. The molecule has 4 atom stereocenters. The molecular formula is C12H20O2. The Morgan fingerprint density at radius 1 is 1.43 bits per heavy atom. The number of rotatable bonds is 1. The van der Waals surface area contributed by atoms with Gasteiger partial charge < -0.3 is 5.11 Å². The van der Waals surface area contributed by atoms with Crippen molar-refractivity contribution in [1.82, 2.24) is 0 Å². The largest absolute Gasteiger partial charge is 0.481 e. The van der Waals surface area contributed by atoms with Gasteiger partial charge in [-0.2, -0.15) is 0 Å². The predicted octanol–water partition coefficient (Wildman–Crippen LogP) is 2.92. The summed E-state index contributed by atoms with van der Waals surface area (Å²) in [4.78, 5) is 11.3. The Balaban J connectivity index is 2.33. The Kier molecular flexibility index (Phi) is 1.96. The van der Waals surface area contributed by atoms with E-state index < -0.39 is 11.4 Å². The van der Waals surface area contributed by atoms with E-state index in [1.807, 2.05) is 6.92 Å². The van der Waals surface area contributed by atoms with Crippen molar-refractivity contribution in [3.63, 3.8) is 0 Å². The molecule has 14 heavy (non-hydrogen) atoms. The number of carboxylic acids is 1. The second-order valence-corrected chi connectivity index (χ2v) is 6.00. The van der Waals surface area contributed by atoms with Gasteiger partial charge in [0.1, 0.15) is 0 Å². The van der Waals surface area contributed by atoms with Gasteiger partial charge in [-0.05, 0) is 49.9 Å². The smallest absolute Gasteiger partial charge is 0.309 e. The third-order valence-electron chi connectivity index (χ3n) is 4.87. The Morgan fingerprint density at radius 2 is 2.07 bits per heavy atom. The normalized spacial score (nSPS) is 51.9. The molecule has 0 aliphatic heterocycles. The first-order valence-corrected chi connectivity index (χ1v) is 5.61. The average molecular weight is 196 g/mol. The fourth-order valence-electron chi connectivity index (χ4n) is 3.80. The Morgan fingerprint density at radius 3 is 2.64 bits per heavy atom. The maximum absolute atomic E-state index is 11.3.